The van der Waals surface area contributed by atoms with E-state index in [0.29, 0.717) is 0 Å². The second-order valence-corrected chi connectivity index (χ2v) is 1.75. The van der Waals surface area contributed by atoms with E-state index in [-0.39, 0.29) is 0 Å². The molecular formula is C9H14. The molecule has 0 aliphatic heterocycles. The number of terminal acetylenes is 1. The van der Waals surface area contributed by atoms with Crippen molar-refractivity contribution in [3.05, 3.63) is 23.8 Å². The Bertz CT molecular complexity index is 124. The topological polar surface area (TPSA) is 0 Å². The van der Waals surface area contributed by atoms with Crippen LogP contribution in [0.5, 0.6) is 0 Å². The van der Waals surface area contributed by atoms with Crippen LogP contribution in [-0.2, 0) is 0 Å². The van der Waals surface area contributed by atoms with Crippen molar-refractivity contribution < 1.29 is 0 Å². The summed E-state index contributed by atoms with van der Waals surface area (Å²) >= 11 is 0. The SMILES string of the molecule is C#C.C=C(C)/C(C)=C\C. The third kappa shape index (κ3) is 7.04. The van der Waals surface area contributed by atoms with Crippen LogP contribution in [0.1, 0.15) is 20.8 Å². The Morgan fingerprint density at radius 1 is 1.33 bits per heavy atom. The van der Waals surface area contributed by atoms with Crippen molar-refractivity contribution in [2.75, 3.05) is 0 Å². The molecule has 0 bridgehead atoms. The third-order valence-corrected chi connectivity index (χ3v) is 1.11. The van der Waals surface area contributed by atoms with Gasteiger partial charge in [0.2, 0.25) is 0 Å². The van der Waals surface area contributed by atoms with Crippen LogP contribution in [0.4, 0.5) is 0 Å². The molecule has 0 nitrogen and oxygen atoms in total. The van der Waals surface area contributed by atoms with Crippen LogP contribution in [0.15, 0.2) is 23.8 Å². The molecule has 0 aliphatic rings. The highest BCUT2D eigenvalue weighted by molar-refractivity contribution is 5.22. The third-order valence-electron chi connectivity index (χ3n) is 1.11. The summed E-state index contributed by atoms with van der Waals surface area (Å²) in [6.45, 7) is 9.84. The Kier molecular flexibility index (Phi) is 8.54. The summed E-state index contributed by atoms with van der Waals surface area (Å²) < 4.78 is 0. The molecule has 0 radical (unpaired) electrons. The second kappa shape index (κ2) is 7.04. The zero-order valence-electron chi connectivity index (χ0n) is 6.44. The summed E-state index contributed by atoms with van der Waals surface area (Å²) in [5, 5.41) is 0. The van der Waals surface area contributed by atoms with Gasteiger partial charge in [0.15, 0.2) is 0 Å². The molecule has 0 N–H and O–H groups in total. The summed E-state index contributed by atoms with van der Waals surface area (Å²) in [4.78, 5) is 0. The smallest absolute Gasteiger partial charge is 0.0399 e. The maximum Gasteiger partial charge on any atom is -0.0399 e. The predicted molar refractivity (Wildman–Crippen MR) is 44.1 cm³/mol. The van der Waals surface area contributed by atoms with Gasteiger partial charge in [-0.1, -0.05) is 23.8 Å². The first kappa shape index (κ1) is 10.9. The van der Waals surface area contributed by atoms with Crippen molar-refractivity contribution >= 4 is 0 Å². The first-order valence-corrected chi connectivity index (χ1v) is 2.80. The summed E-state index contributed by atoms with van der Waals surface area (Å²) in [5.74, 6) is 0. The van der Waals surface area contributed by atoms with E-state index in [1.54, 1.807) is 0 Å². The molecule has 0 aromatic heterocycles. The van der Waals surface area contributed by atoms with Gasteiger partial charge in [-0.05, 0) is 20.8 Å². The maximum atomic E-state index is 4.00. The van der Waals surface area contributed by atoms with Gasteiger partial charge in [0, 0.05) is 0 Å². The van der Waals surface area contributed by atoms with E-state index in [1.807, 2.05) is 13.8 Å². The molecule has 0 fully saturated rings. The molecular weight excluding hydrogens is 108 g/mol. The fourth-order valence-corrected chi connectivity index (χ4v) is 0.246. The van der Waals surface area contributed by atoms with Crippen LogP contribution < -0.4 is 0 Å². The molecule has 0 rings (SSSR count). The Balaban J connectivity index is 0. The van der Waals surface area contributed by atoms with E-state index in [9.17, 15) is 0 Å². The minimum atomic E-state index is 1.16. The lowest BCUT2D eigenvalue weighted by atomic mass is 10.2. The Labute approximate surface area is 58.3 Å². The summed E-state index contributed by atoms with van der Waals surface area (Å²) in [6.07, 6.45) is 10.1. The van der Waals surface area contributed by atoms with E-state index in [0.717, 1.165) is 5.57 Å². The average molecular weight is 122 g/mol. The highest BCUT2D eigenvalue weighted by atomic mass is 13.9. The van der Waals surface area contributed by atoms with Crippen LogP contribution in [0.25, 0.3) is 0 Å². The Morgan fingerprint density at radius 2 is 1.67 bits per heavy atom. The molecule has 0 spiro atoms. The minimum absolute atomic E-state index is 1.16. The summed E-state index contributed by atoms with van der Waals surface area (Å²) in [7, 11) is 0. The molecule has 0 heterocycles. The highest BCUT2D eigenvalue weighted by Crippen LogP contribution is 2.02. The fourth-order valence-electron chi connectivity index (χ4n) is 0.246. The molecule has 0 atom stereocenters. The van der Waals surface area contributed by atoms with Crippen LogP contribution >= 0.6 is 0 Å². The standard InChI is InChI=1S/C7H12.C2H2/c1-5-7(4)6(2)3;1-2/h5H,2H2,1,3-4H3;1-2H/b7-5-;. The molecule has 0 aromatic rings. The van der Waals surface area contributed by atoms with Crippen molar-refractivity contribution in [1.82, 2.24) is 0 Å². The van der Waals surface area contributed by atoms with Crippen LogP contribution in [0, 0.1) is 12.8 Å². The largest absolute Gasteiger partial charge is 0.124 e. The Hall–Kier alpha value is -0.960. The van der Waals surface area contributed by atoms with Crippen molar-refractivity contribution in [3.63, 3.8) is 0 Å². The second-order valence-electron chi connectivity index (χ2n) is 1.75. The molecule has 9 heavy (non-hydrogen) atoms. The Morgan fingerprint density at radius 3 is 1.67 bits per heavy atom. The number of allylic oxidation sites excluding steroid dienone is 3. The molecule has 0 heteroatoms. The first-order valence-electron chi connectivity index (χ1n) is 2.80. The van der Waals surface area contributed by atoms with Gasteiger partial charge in [-0.25, -0.2) is 0 Å². The minimum Gasteiger partial charge on any atom is -0.124 e. The lowest BCUT2D eigenvalue weighted by Gasteiger charge is -1.92. The molecule has 0 saturated carbocycles. The molecule has 0 saturated heterocycles. The molecule has 50 valence electrons. The quantitative estimate of drug-likeness (QED) is 0.370. The molecule has 0 unspecified atom stereocenters. The van der Waals surface area contributed by atoms with Crippen molar-refractivity contribution in [1.29, 1.82) is 0 Å². The van der Waals surface area contributed by atoms with Crippen LogP contribution in [0.2, 0.25) is 0 Å². The van der Waals surface area contributed by atoms with Gasteiger partial charge in [0.25, 0.3) is 0 Å². The number of hydrogen-bond acceptors (Lipinski definition) is 0. The van der Waals surface area contributed by atoms with Gasteiger partial charge in [-0.2, -0.15) is 0 Å². The van der Waals surface area contributed by atoms with Gasteiger partial charge >= 0.3 is 0 Å². The fraction of sp³-hybridized carbons (Fsp3) is 0.333. The lowest BCUT2D eigenvalue weighted by molar-refractivity contribution is 1.34. The maximum absolute atomic E-state index is 4.00. The van der Waals surface area contributed by atoms with E-state index < -0.39 is 0 Å². The number of rotatable bonds is 1. The molecule has 0 aliphatic carbocycles. The molecule has 0 aromatic carbocycles. The van der Waals surface area contributed by atoms with Gasteiger partial charge in [0.1, 0.15) is 0 Å². The zero-order chi connectivity index (χ0) is 7.86. The average Bonchev–Trinajstić information content (AvgIpc) is 1.91. The molecule has 0 amide bonds. The zero-order valence-corrected chi connectivity index (χ0v) is 6.44. The normalized spacial score (nSPS) is 9.22. The summed E-state index contributed by atoms with van der Waals surface area (Å²) in [6, 6.07) is 0. The van der Waals surface area contributed by atoms with Gasteiger partial charge in [-0.15, -0.1) is 12.8 Å². The predicted octanol–water partition coefficient (Wildman–Crippen LogP) is 2.78. The van der Waals surface area contributed by atoms with E-state index in [4.69, 9.17) is 0 Å². The van der Waals surface area contributed by atoms with Crippen molar-refractivity contribution in [3.8, 4) is 12.8 Å². The van der Waals surface area contributed by atoms with Crippen molar-refractivity contribution in [2.45, 2.75) is 20.8 Å². The van der Waals surface area contributed by atoms with E-state index in [1.165, 1.54) is 5.57 Å². The first-order chi connectivity index (χ1) is 4.18. The number of hydrogen-bond donors (Lipinski definition) is 0. The van der Waals surface area contributed by atoms with E-state index >= 15 is 0 Å². The van der Waals surface area contributed by atoms with Gasteiger partial charge < -0.3 is 0 Å². The monoisotopic (exact) mass is 122 g/mol. The van der Waals surface area contributed by atoms with Crippen molar-refractivity contribution in [2.24, 2.45) is 0 Å². The lowest BCUT2D eigenvalue weighted by Crippen LogP contribution is -1.71. The summed E-state index contributed by atoms with van der Waals surface area (Å²) in [5.41, 5.74) is 2.43. The van der Waals surface area contributed by atoms with E-state index in [2.05, 4.69) is 32.4 Å². The van der Waals surface area contributed by atoms with Gasteiger partial charge in [-0.3, -0.25) is 0 Å². The van der Waals surface area contributed by atoms with Crippen LogP contribution in [-0.4, -0.2) is 0 Å². The van der Waals surface area contributed by atoms with Gasteiger partial charge in [0.05, 0.1) is 0 Å². The van der Waals surface area contributed by atoms with Crippen LogP contribution in [0.3, 0.4) is 0 Å². The highest BCUT2D eigenvalue weighted by Gasteiger charge is 1.81.